The molecule has 4 aromatic rings. The molecule has 1 atom stereocenters. The zero-order chi connectivity index (χ0) is 26.2. The molecular formula is C30H20N2O5. The average molecular weight is 488 g/mol. The van der Waals surface area contributed by atoms with E-state index in [1.807, 2.05) is 18.2 Å². The lowest BCUT2D eigenvalue weighted by Crippen LogP contribution is -2.20. The van der Waals surface area contributed by atoms with Crippen LogP contribution in [0.1, 0.15) is 43.5 Å². The summed E-state index contributed by atoms with van der Waals surface area (Å²) in [4.78, 5) is 26.3. The molecule has 0 aliphatic carbocycles. The van der Waals surface area contributed by atoms with E-state index in [0.29, 0.717) is 28.4 Å². The van der Waals surface area contributed by atoms with Crippen molar-refractivity contribution in [2.45, 2.75) is 6.10 Å². The third-order valence-corrected chi connectivity index (χ3v) is 5.50. The summed E-state index contributed by atoms with van der Waals surface area (Å²) >= 11 is 0. The summed E-state index contributed by atoms with van der Waals surface area (Å²) in [6.07, 6.45) is -1.14. The Morgan fingerprint density at radius 3 is 1.92 bits per heavy atom. The van der Waals surface area contributed by atoms with E-state index in [-0.39, 0.29) is 22.5 Å². The van der Waals surface area contributed by atoms with Crippen molar-refractivity contribution in [1.29, 1.82) is 10.5 Å². The van der Waals surface area contributed by atoms with E-state index in [0.717, 1.165) is 0 Å². The van der Waals surface area contributed by atoms with E-state index >= 15 is 0 Å². The van der Waals surface area contributed by atoms with Gasteiger partial charge in [0, 0.05) is 11.1 Å². The first-order valence-corrected chi connectivity index (χ1v) is 11.2. The molecular weight excluding hydrogens is 468 g/mol. The van der Waals surface area contributed by atoms with Crippen LogP contribution in [0.3, 0.4) is 0 Å². The van der Waals surface area contributed by atoms with Crippen LogP contribution in [0.25, 0.3) is 0 Å². The van der Waals surface area contributed by atoms with Crippen LogP contribution in [0, 0.1) is 22.7 Å². The number of esters is 1. The predicted octanol–water partition coefficient (Wildman–Crippen LogP) is 6.01. The predicted molar refractivity (Wildman–Crippen MR) is 134 cm³/mol. The van der Waals surface area contributed by atoms with Gasteiger partial charge in [-0.3, -0.25) is 4.79 Å². The fourth-order valence-corrected chi connectivity index (χ4v) is 3.55. The lowest BCUT2D eigenvalue weighted by atomic mass is 9.99. The van der Waals surface area contributed by atoms with E-state index in [2.05, 4.69) is 0 Å². The summed E-state index contributed by atoms with van der Waals surface area (Å²) in [5.41, 5.74) is 1.61. The fraction of sp³-hybridized carbons (Fsp3) is 0.0667. The highest BCUT2D eigenvalue weighted by Gasteiger charge is 2.27. The molecule has 4 aromatic carbocycles. The summed E-state index contributed by atoms with van der Waals surface area (Å²) in [7, 11) is 1.54. The molecule has 37 heavy (non-hydrogen) atoms. The largest absolute Gasteiger partial charge is 0.497 e. The van der Waals surface area contributed by atoms with Crippen molar-refractivity contribution >= 4 is 11.8 Å². The first kappa shape index (κ1) is 24.7. The molecule has 4 rings (SSSR count). The standard InChI is InChI=1S/C30H20N2O5/c1-35-25-12-7-20(8-13-25)28(33)29(21-5-3-2-4-6-21)37-30(34)22-9-14-26(15-10-22)36-27-16-11-23(18-31)24(17-27)19-32/h2-17,29H,1H3. The van der Waals surface area contributed by atoms with Crippen molar-refractivity contribution < 1.29 is 23.8 Å². The number of rotatable bonds is 8. The van der Waals surface area contributed by atoms with E-state index < -0.39 is 12.1 Å². The number of ether oxygens (including phenoxy) is 3. The number of Topliss-reactive ketones (excluding diaryl/α,β-unsaturated/α-hetero) is 1. The summed E-state index contributed by atoms with van der Waals surface area (Å²) in [6.45, 7) is 0. The van der Waals surface area contributed by atoms with Gasteiger partial charge < -0.3 is 14.2 Å². The molecule has 0 spiro atoms. The van der Waals surface area contributed by atoms with Crippen molar-refractivity contribution in [2.24, 2.45) is 0 Å². The van der Waals surface area contributed by atoms with Gasteiger partial charge in [0.25, 0.3) is 0 Å². The van der Waals surface area contributed by atoms with Crippen molar-refractivity contribution in [2.75, 3.05) is 7.11 Å². The highest BCUT2D eigenvalue weighted by Crippen LogP contribution is 2.27. The van der Waals surface area contributed by atoms with Crippen molar-refractivity contribution in [3.63, 3.8) is 0 Å². The summed E-state index contributed by atoms with van der Waals surface area (Å²) < 4.78 is 16.6. The van der Waals surface area contributed by atoms with Gasteiger partial charge in [0.2, 0.25) is 5.78 Å². The number of nitriles is 2. The number of nitrogens with zero attached hydrogens (tertiary/aromatic N) is 2. The maximum absolute atomic E-state index is 13.3. The van der Waals surface area contributed by atoms with Gasteiger partial charge >= 0.3 is 5.97 Å². The number of ketones is 1. The summed E-state index contributed by atoms with van der Waals surface area (Å²) in [6, 6.07) is 30.0. The molecule has 0 saturated carbocycles. The van der Waals surface area contributed by atoms with Gasteiger partial charge in [-0.2, -0.15) is 10.5 Å². The first-order valence-electron chi connectivity index (χ1n) is 11.2. The Morgan fingerprint density at radius 1 is 0.703 bits per heavy atom. The minimum Gasteiger partial charge on any atom is -0.497 e. The van der Waals surface area contributed by atoms with Crippen LogP contribution in [0.5, 0.6) is 17.2 Å². The minimum absolute atomic E-state index is 0.202. The van der Waals surface area contributed by atoms with E-state index in [1.165, 1.54) is 31.4 Å². The Morgan fingerprint density at radius 2 is 1.30 bits per heavy atom. The molecule has 0 aliphatic rings. The number of carbonyl (C=O) groups is 2. The molecule has 0 radical (unpaired) electrons. The maximum Gasteiger partial charge on any atom is 0.339 e. The molecule has 0 bridgehead atoms. The van der Waals surface area contributed by atoms with Crippen molar-refractivity contribution in [3.8, 4) is 29.4 Å². The van der Waals surface area contributed by atoms with Gasteiger partial charge in [-0.05, 0) is 66.7 Å². The maximum atomic E-state index is 13.3. The minimum atomic E-state index is -1.14. The highest BCUT2D eigenvalue weighted by atomic mass is 16.5. The fourth-order valence-electron chi connectivity index (χ4n) is 3.55. The number of hydrogen-bond donors (Lipinski definition) is 0. The molecule has 180 valence electrons. The monoisotopic (exact) mass is 488 g/mol. The molecule has 0 amide bonds. The zero-order valence-corrected chi connectivity index (χ0v) is 19.8. The molecule has 0 aliphatic heterocycles. The van der Waals surface area contributed by atoms with Crippen LogP contribution in [0.2, 0.25) is 0 Å². The second-order valence-corrected chi connectivity index (χ2v) is 7.85. The Bertz CT molecular complexity index is 1500. The van der Waals surface area contributed by atoms with Crippen LogP contribution >= 0.6 is 0 Å². The topological polar surface area (TPSA) is 109 Å². The molecule has 0 heterocycles. The Labute approximate surface area is 213 Å². The SMILES string of the molecule is COc1ccc(C(=O)C(OC(=O)c2ccc(Oc3ccc(C#N)c(C#N)c3)cc2)c2ccccc2)cc1. The van der Waals surface area contributed by atoms with Gasteiger partial charge in [-0.25, -0.2) is 4.79 Å². The lowest BCUT2D eigenvalue weighted by Gasteiger charge is -2.18. The van der Waals surface area contributed by atoms with Gasteiger partial charge in [0.1, 0.15) is 29.4 Å². The zero-order valence-electron chi connectivity index (χ0n) is 19.8. The molecule has 1 unspecified atom stereocenters. The second-order valence-electron chi connectivity index (χ2n) is 7.85. The van der Waals surface area contributed by atoms with Crippen LogP contribution in [-0.2, 0) is 4.74 Å². The van der Waals surface area contributed by atoms with Gasteiger partial charge in [0.05, 0.1) is 23.8 Å². The van der Waals surface area contributed by atoms with Crippen LogP contribution in [0.15, 0.2) is 97.1 Å². The quantitative estimate of drug-likeness (QED) is 0.221. The van der Waals surface area contributed by atoms with E-state index in [4.69, 9.17) is 19.5 Å². The van der Waals surface area contributed by atoms with Gasteiger partial charge in [-0.15, -0.1) is 0 Å². The normalized spacial score (nSPS) is 10.9. The molecule has 7 heteroatoms. The first-order chi connectivity index (χ1) is 18.0. The lowest BCUT2D eigenvalue weighted by molar-refractivity contribution is 0.0280. The Balaban J connectivity index is 1.52. The number of hydrogen-bond acceptors (Lipinski definition) is 7. The second kappa shape index (κ2) is 11.4. The highest BCUT2D eigenvalue weighted by molar-refractivity contribution is 6.02. The summed E-state index contributed by atoms with van der Waals surface area (Å²) in [5.74, 6) is 0.361. The van der Waals surface area contributed by atoms with E-state index in [9.17, 15) is 14.9 Å². The molecule has 0 aromatic heterocycles. The Kier molecular flexibility index (Phi) is 7.58. The van der Waals surface area contributed by atoms with Crippen LogP contribution < -0.4 is 9.47 Å². The third kappa shape index (κ3) is 5.82. The number of benzene rings is 4. The molecule has 0 fully saturated rings. The van der Waals surface area contributed by atoms with Crippen LogP contribution in [-0.4, -0.2) is 18.9 Å². The number of methoxy groups -OCH3 is 1. The van der Waals surface area contributed by atoms with Crippen molar-refractivity contribution in [3.05, 3.63) is 125 Å². The van der Waals surface area contributed by atoms with Gasteiger partial charge in [0.15, 0.2) is 6.10 Å². The van der Waals surface area contributed by atoms with Crippen LogP contribution in [0.4, 0.5) is 0 Å². The molecule has 0 N–H and O–H groups in total. The van der Waals surface area contributed by atoms with Crippen molar-refractivity contribution in [1.82, 2.24) is 0 Å². The van der Waals surface area contributed by atoms with Gasteiger partial charge in [-0.1, -0.05) is 30.3 Å². The average Bonchev–Trinajstić information content (AvgIpc) is 2.96. The summed E-state index contributed by atoms with van der Waals surface area (Å²) in [5, 5.41) is 18.2. The van der Waals surface area contributed by atoms with E-state index in [1.54, 1.807) is 66.7 Å². The molecule has 7 nitrogen and oxygen atoms in total. The smallest absolute Gasteiger partial charge is 0.339 e. The number of carbonyl (C=O) groups excluding carboxylic acids is 2. The third-order valence-electron chi connectivity index (χ3n) is 5.50. The molecule has 0 saturated heterocycles. The Hall–Kier alpha value is -5.40.